The zero-order valence-electron chi connectivity index (χ0n) is 18.7. The van der Waals surface area contributed by atoms with Crippen LogP contribution >= 0.6 is 0 Å². The molecule has 2 aromatic carbocycles. The number of rotatable bonds is 9. The van der Waals surface area contributed by atoms with Crippen LogP contribution in [0.1, 0.15) is 30.3 Å². The van der Waals surface area contributed by atoms with Crippen LogP contribution in [0.2, 0.25) is 0 Å². The Kier molecular flexibility index (Phi) is 7.78. The number of sulfonamides is 1. The molecule has 0 aliphatic rings. The number of hydrogen-bond acceptors (Lipinski definition) is 6. The first-order valence-electron chi connectivity index (χ1n) is 10.4. The van der Waals surface area contributed by atoms with Gasteiger partial charge in [0.15, 0.2) is 0 Å². The Bertz CT molecular complexity index is 1240. The van der Waals surface area contributed by atoms with Crippen LogP contribution in [0, 0.1) is 13.8 Å². The molecule has 0 fully saturated rings. The van der Waals surface area contributed by atoms with Gasteiger partial charge in [0.1, 0.15) is 5.75 Å². The van der Waals surface area contributed by atoms with Crippen molar-refractivity contribution in [3.63, 3.8) is 0 Å². The quantitative estimate of drug-likeness (QED) is 0.454. The Morgan fingerprint density at radius 2 is 1.70 bits per heavy atom. The molecule has 1 heterocycles. The summed E-state index contributed by atoms with van der Waals surface area (Å²) in [6.45, 7) is 6.14. The van der Waals surface area contributed by atoms with Crippen molar-refractivity contribution in [3.8, 4) is 5.75 Å². The SMILES string of the molecule is CCCOc1ccccc1C=CC(=O)Nc1ccc(S(=O)(=O)Nc2nc(C)cc(C)n2)cc1. The second kappa shape index (κ2) is 10.7. The fourth-order valence-electron chi connectivity index (χ4n) is 2.98. The summed E-state index contributed by atoms with van der Waals surface area (Å²) in [7, 11) is -3.87. The molecule has 8 nitrogen and oxygen atoms in total. The van der Waals surface area contributed by atoms with E-state index in [4.69, 9.17) is 4.74 Å². The fourth-order valence-corrected chi connectivity index (χ4v) is 3.92. The smallest absolute Gasteiger partial charge is 0.264 e. The first-order valence-corrected chi connectivity index (χ1v) is 11.9. The van der Waals surface area contributed by atoms with Crippen LogP contribution in [0.25, 0.3) is 6.08 Å². The van der Waals surface area contributed by atoms with Crippen molar-refractivity contribution in [1.82, 2.24) is 9.97 Å². The summed E-state index contributed by atoms with van der Waals surface area (Å²) in [4.78, 5) is 20.5. The van der Waals surface area contributed by atoms with Crippen molar-refractivity contribution in [1.29, 1.82) is 0 Å². The lowest BCUT2D eigenvalue weighted by Crippen LogP contribution is -2.16. The molecule has 1 amide bonds. The third kappa shape index (κ3) is 6.88. The third-order valence-electron chi connectivity index (χ3n) is 4.44. The van der Waals surface area contributed by atoms with Gasteiger partial charge in [-0.15, -0.1) is 0 Å². The maximum atomic E-state index is 12.6. The summed E-state index contributed by atoms with van der Waals surface area (Å²) < 4.78 is 33.3. The molecule has 0 unspecified atom stereocenters. The number of benzene rings is 2. The molecular weight excluding hydrogens is 440 g/mol. The highest BCUT2D eigenvalue weighted by molar-refractivity contribution is 7.92. The molecule has 0 aliphatic carbocycles. The molecule has 3 rings (SSSR count). The molecule has 2 N–H and O–H groups in total. The minimum absolute atomic E-state index is 0.0122. The lowest BCUT2D eigenvalue weighted by molar-refractivity contribution is -0.111. The Hall–Kier alpha value is -3.72. The molecule has 0 atom stereocenters. The number of aromatic nitrogens is 2. The van der Waals surface area contributed by atoms with Gasteiger partial charge in [0, 0.05) is 28.7 Å². The van der Waals surface area contributed by atoms with Crippen LogP contribution < -0.4 is 14.8 Å². The summed E-state index contributed by atoms with van der Waals surface area (Å²) in [5.74, 6) is 0.370. The second-order valence-electron chi connectivity index (χ2n) is 7.31. The largest absolute Gasteiger partial charge is 0.493 e. The summed E-state index contributed by atoms with van der Waals surface area (Å²) in [5, 5.41) is 2.71. The molecule has 0 spiro atoms. The Morgan fingerprint density at radius 3 is 2.36 bits per heavy atom. The van der Waals surface area contributed by atoms with Gasteiger partial charge in [0.2, 0.25) is 11.9 Å². The number of anilines is 2. The molecule has 1 aromatic heterocycles. The first kappa shape index (κ1) is 23.9. The van der Waals surface area contributed by atoms with Crippen molar-refractivity contribution >= 4 is 33.6 Å². The summed E-state index contributed by atoms with van der Waals surface area (Å²) >= 11 is 0. The van der Waals surface area contributed by atoms with E-state index in [0.717, 1.165) is 12.0 Å². The molecule has 3 aromatic rings. The summed E-state index contributed by atoms with van der Waals surface area (Å²) in [6, 6.07) is 15.0. The number of para-hydroxylation sites is 1. The monoisotopic (exact) mass is 466 g/mol. The molecular formula is C24H26N4O4S. The molecule has 33 heavy (non-hydrogen) atoms. The predicted molar refractivity (Wildman–Crippen MR) is 129 cm³/mol. The van der Waals surface area contributed by atoms with Gasteiger partial charge >= 0.3 is 0 Å². The van der Waals surface area contributed by atoms with E-state index in [1.165, 1.54) is 30.3 Å². The van der Waals surface area contributed by atoms with Crippen molar-refractivity contribution in [2.45, 2.75) is 32.1 Å². The van der Waals surface area contributed by atoms with Gasteiger partial charge in [-0.05, 0) is 62.7 Å². The Labute approximate surface area is 193 Å². The van der Waals surface area contributed by atoms with E-state index in [-0.39, 0.29) is 16.8 Å². The van der Waals surface area contributed by atoms with Gasteiger partial charge in [-0.3, -0.25) is 4.79 Å². The Balaban J connectivity index is 1.65. The van der Waals surface area contributed by atoms with Gasteiger partial charge in [0.25, 0.3) is 10.0 Å². The number of nitrogens with zero attached hydrogens (tertiary/aromatic N) is 2. The summed E-state index contributed by atoms with van der Waals surface area (Å²) in [6.07, 6.45) is 3.96. The van der Waals surface area contributed by atoms with E-state index in [1.807, 2.05) is 31.2 Å². The minimum Gasteiger partial charge on any atom is -0.493 e. The van der Waals surface area contributed by atoms with Crippen LogP contribution in [0.15, 0.2) is 65.6 Å². The van der Waals surface area contributed by atoms with Crippen LogP contribution in [-0.4, -0.2) is 30.9 Å². The van der Waals surface area contributed by atoms with E-state index in [2.05, 4.69) is 20.0 Å². The van der Waals surface area contributed by atoms with Gasteiger partial charge in [-0.25, -0.2) is 23.1 Å². The standard InChI is InChI=1S/C24H26N4O4S/c1-4-15-32-22-8-6-5-7-19(22)9-14-23(29)27-20-10-12-21(13-11-20)33(30,31)28-24-25-17(2)16-18(3)26-24/h5-14,16H,4,15H2,1-3H3,(H,27,29)(H,25,26,28). The van der Waals surface area contributed by atoms with Crippen molar-refractivity contribution in [2.75, 3.05) is 16.6 Å². The highest BCUT2D eigenvalue weighted by atomic mass is 32.2. The van der Waals surface area contributed by atoms with Crippen molar-refractivity contribution in [3.05, 3.63) is 77.6 Å². The topological polar surface area (TPSA) is 110 Å². The van der Waals surface area contributed by atoms with E-state index in [0.29, 0.717) is 29.4 Å². The maximum Gasteiger partial charge on any atom is 0.264 e. The molecule has 0 saturated carbocycles. The average molecular weight is 467 g/mol. The number of aryl methyl sites for hydroxylation is 2. The van der Waals surface area contributed by atoms with E-state index in [9.17, 15) is 13.2 Å². The van der Waals surface area contributed by atoms with Crippen molar-refractivity contribution < 1.29 is 17.9 Å². The van der Waals surface area contributed by atoms with E-state index in [1.54, 1.807) is 26.0 Å². The number of hydrogen-bond donors (Lipinski definition) is 2. The number of amides is 1. The highest BCUT2D eigenvalue weighted by Crippen LogP contribution is 2.20. The lowest BCUT2D eigenvalue weighted by Gasteiger charge is -2.09. The van der Waals surface area contributed by atoms with Crippen LogP contribution in [0.4, 0.5) is 11.6 Å². The van der Waals surface area contributed by atoms with Gasteiger partial charge < -0.3 is 10.1 Å². The predicted octanol–water partition coefficient (Wildman–Crippen LogP) is 4.33. The number of carbonyl (C=O) groups is 1. The summed E-state index contributed by atoms with van der Waals surface area (Å²) in [5.41, 5.74) is 2.57. The van der Waals surface area contributed by atoms with E-state index < -0.39 is 10.0 Å². The van der Waals surface area contributed by atoms with Gasteiger partial charge in [-0.2, -0.15) is 0 Å². The van der Waals surface area contributed by atoms with Crippen LogP contribution in [-0.2, 0) is 14.8 Å². The Morgan fingerprint density at radius 1 is 1.03 bits per heavy atom. The molecule has 0 radical (unpaired) electrons. The van der Waals surface area contributed by atoms with Gasteiger partial charge in [0.05, 0.1) is 11.5 Å². The lowest BCUT2D eigenvalue weighted by atomic mass is 10.2. The van der Waals surface area contributed by atoms with Crippen molar-refractivity contribution in [2.24, 2.45) is 0 Å². The average Bonchev–Trinajstić information content (AvgIpc) is 2.76. The molecule has 0 saturated heterocycles. The molecule has 172 valence electrons. The minimum atomic E-state index is -3.87. The van der Waals surface area contributed by atoms with Crippen LogP contribution in [0.3, 0.4) is 0 Å². The molecule has 9 heteroatoms. The number of nitrogens with one attached hydrogen (secondary N) is 2. The molecule has 0 bridgehead atoms. The van der Waals surface area contributed by atoms with Gasteiger partial charge in [-0.1, -0.05) is 25.1 Å². The normalized spacial score (nSPS) is 11.4. The van der Waals surface area contributed by atoms with E-state index >= 15 is 0 Å². The number of ether oxygens (including phenoxy) is 1. The molecule has 0 aliphatic heterocycles. The highest BCUT2D eigenvalue weighted by Gasteiger charge is 2.16. The number of carbonyl (C=O) groups excluding carboxylic acids is 1. The second-order valence-corrected chi connectivity index (χ2v) is 9.00. The zero-order chi connectivity index (χ0) is 23.8. The van der Waals surface area contributed by atoms with Crippen LogP contribution in [0.5, 0.6) is 5.75 Å². The maximum absolute atomic E-state index is 12.6. The zero-order valence-corrected chi connectivity index (χ0v) is 19.5. The third-order valence-corrected chi connectivity index (χ3v) is 5.78. The fraction of sp³-hybridized carbons (Fsp3) is 0.208. The first-order chi connectivity index (χ1) is 15.8.